The van der Waals surface area contributed by atoms with Gasteiger partial charge in [-0.3, -0.25) is 0 Å². The lowest BCUT2D eigenvalue weighted by molar-refractivity contribution is 0.668. The molecule has 0 bridgehead atoms. The molecule has 10 aromatic rings. The number of rotatable bonds is 6. The van der Waals surface area contributed by atoms with Crippen molar-refractivity contribution >= 4 is 60.9 Å². The minimum atomic E-state index is 0.661. The predicted octanol–water partition coefficient (Wildman–Crippen LogP) is 12.7. The highest BCUT2D eigenvalue weighted by Gasteiger charge is 2.19. The summed E-state index contributed by atoms with van der Waals surface area (Å²) in [6, 6.07) is 60.1. The number of anilines is 3. The second-order valence-corrected chi connectivity index (χ2v) is 12.6. The normalized spacial score (nSPS) is 11.5. The van der Waals surface area contributed by atoms with E-state index in [1.165, 1.54) is 0 Å². The zero-order valence-electron chi connectivity index (χ0n) is 27.4. The molecule has 5 nitrogen and oxygen atoms in total. The summed E-state index contributed by atoms with van der Waals surface area (Å²) in [6.45, 7) is 0. The third-order valence-corrected chi connectivity index (χ3v) is 9.47. The predicted molar refractivity (Wildman–Crippen MR) is 208 cm³/mol. The fourth-order valence-corrected chi connectivity index (χ4v) is 7.10. The molecule has 0 N–H and O–H groups in total. The third-order valence-electron chi connectivity index (χ3n) is 9.47. The highest BCUT2D eigenvalue weighted by molar-refractivity contribution is 6.13. The van der Waals surface area contributed by atoms with E-state index >= 15 is 0 Å². The van der Waals surface area contributed by atoms with Gasteiger partial charge in [0.1, 0.15) is 22.3 Å². The zero-order chi connectivity index (χ0) is 33.7. The minimum Gasteiger partial charge on any atom is -0.456 e. The van der Waals surface area contributed by atoms with Gasteiger partial charge in [0.15, 0.2) is 5.82 Å². The molecule has 0 aliphatic heterocycles. The number of hydrogen-bond donors (Lipinski definition) is 0. The fourth-order valence-electron chi connectivity index (χ4n) is 7.10. The molecule has 240 valence electrons. The molecule has 0 aliphatic rings. The van der Waals surface area contributed by atoms with Crippen LogP contribution >= 0.6 is 0 Å². The first-order valence-electron chi connectivity index (χ1n) is 17.0. The van der Waals surface area contributed by atoms with Crippen molar-refractivity contribution in [1.82, 2.24) is 9.97 Å². The van der Waals surface area contributed by atoms with Crippen LogP contribution < -0.4 is 4.90 Å². The monoisotopic (exact) mass is 655 g/mol. The van der Waals surface area contributed by atoms with Crippen LogP contribution in [-0.2, 0) is 0 Å². The van der Waals surface area contributed by atoms with Gasteiger partial charge in [0.2, 0.25) is 0 Å². The summed E-state index contributed by atoms with van der Waals surface area (Å²) in [5.41, 5.74) is 11.1. The van der Waals surface area contributed by atoms with Crippen LogP contribution in [0, 0.1) is 0 Å². The number of para-hydroxylation sites is 3. The molecule has 0 fully saturated rings. The Balaban J connectivity index is 1.15. The maximum Gasteiger partial charge on any atom is 0.160 e. The van der Waals surface area contributed by atoms with Crippen molar-refractivity contribution in [1.29, 1.82) is 0 Å². The third kappa shape index (κ3) is 5.03. The van der Waals surface area contributed by atoms with E-state index in [9.17, 15) is 0 Å². The van der Waals surface area contributed by atoms with Gasteiger partial charge in [0.05, 0.1) is 11.4 Å². The van der Waals surface area contributed by atoms with Crippen molar-refractivity contribution in [2.45, 2.75) is 0 Å². The molecule has 10 rings (SSSR count). The summed E-state index contributed by atoms with van der Waals surface area (Å²) in [4.78, 5) is 12.5. The summed E-state index contributed by atoms with van der Waals surface area (Å²) in [5, 5.41) is 4.19. The van der Waals surface area contributed by atoms with Gasteiger partial charge < -0.3 is 13.7 Å². The van der Waals surface area contributed by atoms with Crippen LogP contribution in [0.3, 0.4) is 0 Å². The molecular weight excluding hydrogens is 627 g/mol. The van der Waals surface area contributed by atoms with E-state index in [2.05, 4.69) is 114 Å². The minimum absolute atomic E-state index is 0.661. The second-order valence-electron chi connectivity index (χ2n) is 12.6. The van der Waals surface area contributed by atoms with Crippen LogP contribution in [0.1, 0.15) is 0 Å². The lowest BCUT2D eigenvalue weighted by Crippen LogP contribution is -2.09. The van der Waals surface area contributed by atoms with Crippen molar-refractivity contribution in [2.24, 2.45) is 0 Å². The largest absolute Gasteiger partial charge is 0.456 e. The number of hydrogen-bond acceptors (Lipinski definition) is 5. The van der Waals surface area contributed by atoms with Gasteiger partial charge >= 0.3 is 0 Å². The first kappa shape index (κ1) is 29.0. The lowest BCUT2D eigenvalue weighted by atomic mass is 10.0. The molecule has 51 heavy (non-hydrogen) atoms. The molecular formula is C46H29N3O2. The first-order valence-corrected chi connectivity index (χ1v) is 17.0. The van der Waals surface area contributed by atoms with Crippen molar-refractivity contribution in [3.63, 3.8) is 0 Å². The number of furan rings is 2. The molecule has 5 heteroatoms. The fraction of sp³-hybridized carbons (Fsp3) is 0. The van der Waals surface area contributed by atoms with E-state index in [1.807, 2.05) is 66.7 Å². The molecule has 0 saturated carbocycles. The Bertz CT molecular complexity index is 2820. The van der Waals surface area contributed by atoms with E-state index in [0.717, 1.165) is 89.0 Å². The summed E-state index contributed by atoms with van der Waals surface area (Å²) >= 11 is 0. The van der Waals surface area contributed by atoms with Gasteiger partial charge in [-0.15, -0.1) is 0 Å². The van der Waals surface area contributed by atoms with Crippen molar-refractivity contribution in [2.75, 3.05) is 4.90 Å². The Hall–Kier alpha value is -6.98. The van der Waals surface area contributed by atoms with Crippen molar-refractivity contribution in [3.8, 4) is 33.9 Å². The van der Waals surface area contributed by atoms with Crippen molar-refractivity contribution < 1.29 is 8.83 Å². The summed E-state index contributed by atoms with van der Waals surface area (Å²) in [7, 11) is 0. The molecule has 0 aliphatic carbocycles. The Morgan fingerprint density at radius 1 is 0.373 bits per heavy atom. The average molecular weight is 656 g/mol. The Kier molecular flexibility index (Phi) is 6.74. The van der Waals surface area contributed by atoms with Crippen LogP contribution in [-0.4, -0.2) is 9.97 Å². The number of fused-ring (bicyclic) bond motifs is 6. The van der Waals surface area contributed by atoms with Crippen LogP contribution in [0.5, 0.6) is 0 Å². The summed E-state index contributed by atoms with van der Waals surface area (Å²) in [6.07, 6.45) is 0. The van der Waals surface area contributed by atoms with Gasteiger partial charge in [0, 0.05) is 61.4 Å². The number of benzene rings is 7. The van der Waals surface area contributed by atoms with Crippen LogP contribution in [0.2, 0.25) is 0 Å². The molecule has 0 radical (unpaired) electrons. The highest BCUT2D eigenvalue weighted by Crippen LogP contribution is 2.42. The zero-order valence-corrected chi connectivity index (χ0v) is 27.4. The molecule has 0 spiro atoms. The second kappa shape index (κ2) is 11.9. The lowest BCUT2D eigenvalue weighted by Gasteiger charge is -2.25. The molecule has 0 amide bonds. The highest BCUT2D eigenvalue weighted by atomic mass is 16.3. The Morgan fingerprint density at radius 3 is 1.80 bits per heavy atom. The summed E-state index contributed by atoms with van der Waals surface area (Å²) in [5.74, 6) is 0.661. The van der Waals surface area contributed by atoms with Crippen LogP contribution in [0.4, 0.5) is 17.1 Å². The Morgan fingerprint density at radius 2 is 1.02 bits per heavy atom. The van der Waals surface area contributed by atoms with E-state index in [0.29, 0.717) is 5.82 Å². The summed E-state index contributed by atoms with van der Waals surface area (Å²) < 4.78 is 12.7. The first-order chi connectivity index (χ1) is 25.3. The molecule has 7 aromatic carbocycles. The molecule has 0 unspecified atom stereocenters. The van der Waals surface area contributed by atoms with Gasteiger partial charge in [-0.2, -0.15) is 0 Å². The van der Waals surface area contributed by atoms with Crippen molar-refractivity contribution in [3.05, 3.63) is 176 Å². The van der Waals surface area contributed by atoms with Gasteiger partial charge in [-0.1, -0.05) is 97.1 Å². The van der Waals surface area contributed by atoms with Gasteiger partial charge in [-0.25, -0.2) is 9.97 Å². The quantitative estimate of drug-likeness (QED) is 0.178. The maximum absolute atomic E-state index is 6.61. The number of nitrogens with zero attached hydrogens (tertiary/aromatic N) is 3. The van der Waals surface area contributed by atoms with E-state index in [-0.39, 0.29) is 0 Å². The Labute approximate surface area is 293 Å². The van der Waals surface area contributed by atoms with E-state index in [4.69, 9.17) is 18.8 Å². The maximum atomic E-state index is 6.61. The van der Waals surface area contributed by atoms with Gasteiger partial charge in [0.25, 0.3) is 0 Å². The molecule has 0 atom stereocenters. The average Bonchev–Trinajstić information content (AvgIpc) is 3.77. The number of aromatic nitrogens is 2. The molecule has 3 heterocycles. The van der Waals surface area contributed by atoms with Crippen LogP contribution in [0.15, 0.2) is 185 Å². The smallest absolute Gasteiger partial charge is 0.160 e. The van der Waals surface area contributed by atoms with E-state index in [1.54, 1.807) is 0 Å². The standard InChI is InChI=1S/C46H29N3O2/c1-4-13-30(14-5-1)46-47-39(31-23-26-42-38(27-31)35-19-10-11-21-41(35)50-42)29-40(48-46)36-20-12-22-43-45(36)37-25-24-34(28-44(37)51-43)49(32-15-6-2-7-16-32)33-17-8-3-9-18-33/h1-29H. The van der Waals surface area contributed by atoms with Gasteiger partial charge in [-0.05, 0) is 72.8 Å². The van der Waals surface area contributed by atoms with E-state index < -0.39 is 0 Å². The molecule has 0 saturated heterocycles. The van der Waals surface area contributed by atoms with Crippen LogP contribution in [0.25, 0.3) is 77.8 Å². The molecule has 3 aromatic heterocycles. The topological polar surface area (TPSA) is 55.3 Å². The SMILES string of the molecule is c1ccc(-c2nc(-c3ccc4oc5ccccc5c4c3)cc(-c3cccc4oc5cc(N(c6ccccc6)c6ccccc6)ccc5c34)n2)cc1.